The van der Waals surface area contributed by atoms with Crippen molar-refractivity contribution in [1.29, 1.82) is 0 Å². The number of H-pyrrole nitrogens is 1. The molecular weight excluding hydrogens is 208 g/mol. The predicted molar refractivity (Wildman–Crippen MR) is 63.4 cm³/mol. The lowest BCUT2D eigenvalue weighted by atomic mass is 10.1. The zero-order chi connectivity index (χ0) is 10.8. The van der Waals surface area contributed by atoms with Gasteiger partial charge in [-0.1, -0.05) is 13.8 Å². The standard InChI is InChI=1S/C11H16N2OS/c1-7(2)8-6-10(14)13-11(12-8)9-4-3-5-15-9/h6-7,9H,3-5H2,1-2H3,(H,12,13,14). The Bertz CT molecular complexity index is 394. The molecular formula is C11H16N2OS. The van der Waals surface area contributed by atoms with Crippen molar-refractivity contribution in [1.82, 2.24) is 9.97 Å². The lowest BCUT2D eigenvalue weighted by Gasteiger charge is -2.10. The summed E-state index contributed by atoms with van der Waals surface area (Å²) in [7, 11) is 0. The molecule has 1 atom stereocenters. The normalized spacial score (nSPS) is 21.1. The first kappa shape index (κ1) is 10.7. The SMILES string of the molecule is CC(C)c1cc(=O)[nH]c(C2CCCS2)n1. The van der Waals surface area contributed by atoms with E-state index in [4.69, 9.17) is 0 Å². The Hall–Kier alpha value is -0.770. The van der Waals surface area contributed by atoms with Crippen molar-refractivity contribution in [2.75, 3.05) is 5.75 Å². The van der Waals surface area contributed by atoms with Crippen LogP contribution in [0.4, 0.5) is 0 Å². The first-order valence-corrected chi connectivity index (χ1v) is 6.44. The molecule has 1 aromatic rings. The van der Waals surface area contributed by atoms with Crippen molar-refractivity contribution in [3.05, 3.63) is 27.9 Å². The number of nitrogens with one attached hydrogen (secondary N) is 1. The summed E-state index contributed by atoms with van der Waals surface area (Å²) in [6, 6.07) is 1.60. The Morgan fingerprint density at radius 2 is 2.40 bits per heavy atom. The molecule has 0 saturated carbocycles. The van der Waals surface area contributed by atoms with Gasteiger partial charge in [0.1, 0.15) is 5.82 Å². The molecule has 4 heteroatoms. The summed E-state index contributed by atoms with van der Waals surface area (Å²) in [6.07, 6.45) is 2.36. The Morgan fingerprint density at radius 3 is 3.00 bits per heavy atom. The van der Waals surface area contributed by atoms with Gasteiger partial charge in [-0.3, -0.25) is 4.79 Å². The van der Waals surface area contributed by atoms with Crippen molar-refractivity contribution in [3.8, 4) is 0 Å². The molecule has 0 amide bonds. The zero-order valence-electron chi connectivity index (χ0n) is 9.12. The van der Waals surface area contributed by atoms with Gasteiger partial charge in [-0.25, -0.2) is 4.98 Å². The van der Waals surface area contributed by atoms with Crippen molar-refractivity contribution < 1.29 is 0 Å². The second kappa shape index (κ2) is 4.39. The molecule has 1 aromatic heterocycles. The minimum absolute atomic E-state index is 0.0174. The molecule has 2 rings (SSSR count). The minimum atomic E-state index is -0.0174. The lowest BCUT2D eigenvalue weighted by molar-refractivity contribution is 0.733. The van der Waals surface area contributed by atoms with Crippen LogP contribution in [0.1, 0.15) is 49.4 Å². The monoisotopic (exact) mass is 224 g/mol. The van der Waals surface area contributed by atoms with E-state index < -0.39 is 0 Å². The Kier molecular flexibility index (Phi) is 3.14. The molecule has 1 aliphatic rings. The number of aromatic nitrogens is 2. The number of aromatic amines is 1. The molecule has 15 heavy (non-hydrogen) atoms. The maximum absolute atomic E-state index is 11.5. The maximum atomic E-state index is 11.5. The van der Waals surface area contributed by atoms with Gasteiger partial charge in [-0.05, 0) is 24.5 Å². The lowest BCUT2D eigenvalue weighted by Crippen LogP contribution is -2.14. The van der Waals surface area contributed by atoms with Gasteiger partial charge < -0.3 is 4.98 Å². The molecule has 1 unspecified atom stereocenters. The first-order valence-electron chi connectivity index (χ1n) is 5.39. The Balaban J connectivity index is 2.34. The van der Waals surface area contributed by atoms with E-state index in [0.717, 1.165) is 17.9 Å². The van der Waals surface area contributed by atoms with Gasteiger partial charge in [-0.2, -0.15) is 11.8 Å². The fraction of sp³-hybridized carbons (Fsp3) is 0.636. The van der Waals surface area contributed by atoms with E-state index in [-0.39, 0.29) is 5.56 Å². The van der Waals surface area contributed by atoms with Crippen molar-refractivity contribution in [2.24, 2.45) is 0 Å². The van der Waals surface area contributed by atoms with Crippen LogP contribution in [0.25, 0.3) is 0 Å². The van der Waals surface area contributed by atoms with Crippen LogP contribution in [0.3, 0.4) is 0 Å². The first-order chi connectivity index (χ1) is 7.16. The minimum Gasteiger partial charge on any atom is -0.310 e. The topological polar surface area (TPSA) is 45.8 Å². The third-order valence-electron chi connectivity index (χ3n) is 2.61. The summed E-state index contributed by atoms with van der Waals surface area (Å²) < 4.78 is 0. The van der Waals surface area contributed by atoms with E-state index in [9.17, 15) is 4.79 Å². The van der Waals surface area contributed by atoms with E-state index in [1.165, 1.54) is 12.2 Å². The average Bonchev–Trinajstić information content (AvgIpc) is 2.69. The van der Waals surface area contributed by atoms with E-state index in [1.54, 1.807) is 6.07 Å². The molecule has 0 radical (unpaired) electrons. The highest BCUT2D eigenvalue weighted by Gasteiger charge is 2.20. The highest BCUT2D eigenvalue weighted by molar-refractivity contribution is 7.99. The molecule has 1 saturated heterocycles. The summed E-state index contributed by atoms with van der Waals surface area (Å²) in [4.78, 5) is 18.9. The van der Waals surface area contributed by atoms with Crippen LogP contribution in [0.2, 0.25) is 0 Å². The quantitative estimate of drug-likeness (QED) is 0.839. The summed E-state index contributed by atoms with van der Waals surface area (Å²) in [5.41, 5.74) is 0.887. The summed E-state index contributed by atoms with van der Waals surface area (Å²) in [6.45, 7) is 4.13. The van der Waals surface area contributed by atoms with E-state index in [0.29, 0.717) is 11.2 Å². The van der Waals surface area contributed by atoms with Crippen molar-refractivity contribution in [2.45, 2.75) is 37.9 Å². The van der Waals surface area contributed by atoms with Gasteiger partial charge in [0.15, 0.2) is 0 Å². The summed E-state index contributed by atoms with van der Waals surface area (Å²) in [5, 5.41) is 0.399. The molecule has 1 N–H and O–H groups in total. The van der Waals surface area contributed by atoms with E-state index in [2.05, 4.69) is 23.8 Å². The fourth-order valence-electron chi connectivity index (χ4n) is 1.74. The van der Waals surface area contributed by atoms with Crippen LogP contribution < -0.4 is 5.56 Å². The third kappa shape index (κ3) is 2.43. The molecule has 0 spiro atoms. The second-order valence-electron chi connectivity index (χ2n) is 4.21. The van der Waals surface area contributed by atoms with Crippen LogP contribution in [-0.2, 0) is 0 Å². The highest BCUT2D eigenvalue weighted by atomic mass is 32.2. The van der Waals surface area contributed by atoms with E-state index >= 15 is 0 Å². The van der Waals surface area contributed by atoms with Crippen LogP contribution >= 0.6 is 11.8 Å². The van der Waals surface area contributed by atoms with E-state index in [1.807, 2.05) is 11.8 Å². The average molecular weight is 224 g/mol. The number of rotatable bonds is 2. The number of hydrogen-bond donors (Lipinski definition) is 1. The largest absolute Gasteiger partial charge is 0.310 e. The summed E-state index contributed by atoms with van der Waals surface area (Å²) >= 11 is 1.89. The number of hydrogen-bond acceptors (Lipinski definition) is 3. The van der Waals surface area contributed by atoms with Gasteiger partial charge >= 0.3 is 0 Å². The van der Waals surface area contributed by atoms with Gasteiger partial charge in [-0.15, -0.1) is 0 Å². The molecule has 1 aliphatic heterocycles. The molecule has 0 bridgehead atoms. The van der Waals surface area contributed by atoms with Gasteiger partial charge in [0.2, 0.25) is 0 Å². The molecule has 3 nitrogen and oxygen atoms in total. The van der Waals surface area contributed by atoms with Crippen LogP contribution in [0.5, 0.6) is 0 Å². The smallest absolute Gasteiger partial charge is 0.251 e. The van der Waals surface area contributed by atoms with Gasteiger partial charge in [0.25, 0.3) is 5.56 Å². The molecule has 0 aromatic carbocycles. The van der Waals surface area contributed by atoms with Crippen molar-refractivity contribution >= 4 is 11.8 Å². The fourth-order valence-corrected chi connectivity index (χ4v) is 2.96. The molecule has 82 valence electrons. The van der Waals surface area contributed by atoms with Crippen LogP contribution in [0.15, 0.2) is 10.9 Å². The van der Waals surface area contributed by atoms with Gasteiger partial charge in [0, 0.05) is 6.07 Å². The van der Waals surface area contributed by atoms with Gasteiger partial charge in [0.05, 0.1) is 10.9 Å². The Morgan fingerprint density at radius 1 is 1.60 bits per heavy atom. The molecule has 0 aliphatic carbocycles. The number of nitrogens with zero attached hydrogens (tertiary/aromatic N) is 1. The maximum Gasteiger partial charge on any atom is 0.251 e. The number of thioether (sulfide) groups is 1. The highest BCUT2D eigenvalue weighted by Crippen LogP contribution is 2.37. The van der Waals surface area contributed by atoms with Crippen LogP contribution in [0, 0.1) is 0 Å². The molecule has 2 heterocycles. The predicted octanol–water partition coefficient (Wildman–Crippen LogP) is 2.46. The second-order valence-corrected chi connectivity index (χ2v) is 5.52. The third-order valence-corrected chi connectivity index (χ3v) is 3.99. The Labute approximate surface area is 93.7 Å². The summed E-state index contributed by atoms with van der Waals surface area (Å²) in [5.74, 6) is 2.37. The molecule has 1 fully saturated rings. The van der Waals surface area contributed by atoms with Crippen LogP contribution in [-0.4, -0.2) is 15.7 Å². The zero-order valence-corrected chi connectivity index (χ0v) is 9.93. The van der Waals surface area contributed by atoms with Crippen molar-refractivity contribution in [3.63, 3.8) is 0 Å².